The molecule has 0 aromatic heterocycles. The van der Waals surface area contributed by atoms with Crippen molar-refractivity contribution in [3.05, 3.63) is 29.8 Å². The van der Waals surface area contributed by atoms with Crippen molar-refractivity contribution in [3.63, 3.8) is 0 Å². The molecule has 0 aliphatic carbocycles. The third-order valence-electron chi connectivity index (χ3n) is 3.28. The van der Waals surface area contributed by atoms with E-state index in [0.717, 1.165) is 13.0 Å². The standard InChI is InChI=1S/C16H28N2/c1-6-16(17)14-7-9-15(10-8-14)18(13(4)5)11-12(2)3/h7-10,12-13,16H,6,11,17H2,1-5H3/t16-/m1/s1. The van der Waals surface area contributed by atoms with E-state index in [2.05, 4.69) is 63.8 Å². The van der Waals surface area contributed by atoms with Gasteiger partial charge in [-0.05, 0) is 43.9 Å². The van der Waals surface area contributed by atoms with Gasteiger partial charge in [0.15, 0.2) is 0 Å². The number of rotatable bonds is 6. The van der Waals surface area contributed by atoms with Gasteiger partial charge in [0.05, 0.1) is 0 Å². The molecule has 1 aromatic rings. The molecule has 0 heterocycles. The van der Waals surface area contributed by atoms with E-state index in [0.29, 0.717) is 12.0 Å². The lowest BCUT2D eigenvalue weighted by Crippen LogP contribution is -2.34. The number of nitrogens with zero attached hydrogens (tertiary/aromatic N) is 1. The van der Waals surface area contributed by atoms with E-state index in [1.54, 1.807) is 0 Å². The van der Waals surface area contributed by atoms with Gasteiger partial charge < -0.3 is 10.6 Å². The summed E-state index contributed by atoms with van der Waals surface area (Å²) in [5.41, 5.74) is 8.58. The average molecular weight is 248 g/mol. The second-order valence-electron chi connectivity index (χ2n) is 5.75. The van der Waals surface area contributed by atoms with E-state index in [1.165, 1.54) is 11.3 Å². The Morgan fingerprint density at radius 1 is 1.06 bits per heavy atom. The zero-order chi connectivity index (χ0) is 13.7. The highest BCUT2D eigenvalue weighted by Crippen LogP contribution is 2.22. The molecule has 0 aliphatic rings. The number of anilines is 1. The Labute approximate surface area is 112 Å². The maximum Gasteiger partial charge on any atom is 0.0368 e. The zero-order valence-electron chi connectivity index (χ0n) is 12.5. The van der Waals surface area contributed by atoms with Crippen LogP contribution in [0.5, 0.6) is 0 Å². The van der Waals surface area contributed by atoms with Crippen LogP contribution in [0, 0.1) is 5.92 Å². The number of hydrogen-bond donors (Lipinski definition) is 1. The van der Waals surface area contributed by atoms with Crippen LogP contribution in [0.1, 0.15) is 52.6 Å². The first-order valence-electron chi connectivity index (χ1n) is 7.07. The SMILES string of the molecule is CC[C@@H](N)c1ccc(N(CC(C)C)C(C)C)cc1. The predicted octanol–water partition coefficient (Wildman–Crippen LogP) is 3.97. The molecule has 0 amide bonds. The van der Waals surface area contributed by atoms with Crippen molar-refractivity contribution >= 4 is 5.69 Å². The Morgan fingerprint density at radius 3 is 2.00 bits per heavy atom. The van der Waals surface area contributed by atoms with Crippen molar-refractivity contribution in [3.8, 4) is 0 Å². The van der Waals surface area contributed by atoms with Crippen molar-refractivity contribution in [2.75, 3.05) is 11.4 Å². The molecule has 2 heteroatoms. The van der Waals surface area contributed by atoms with Crippen LogP contribution in [0.4, 0.5) is 5.69 Å². The molecule has 2 nitrogen and oxygen atoms in total. The molecule has 0 unspecified atom stereocenters. The number of hydrogen-bond acceptors (Lipinski definition) is 2. The zero-order valence-corrected chi connectivity index (χ0v) is 12.5. The minimum absolute atomic E-state index is 0.164. The summed E-state index contributed by atoms with van der Waals surface area (Å²) in [5.74, 6) is 0.671. The smallest absolute Gasteiger partial charge is 0.0368 e. The van der Waals surface area contributed by atoms with Gasteiger partial charge in [-0.1, -0.05) is 32.9 Å². The lowest BCUT2D eigenvalue weighted by Gasteiger charge is -2.31. The molecular formula is C16H28N2. The second kappa shape index (κ2) is 6.79. The van der Waals surface area contributed by atoms with E-state index in [1.807, 2.05) is 0 Å². The summed E-state index contributed by atoms with van der Waals surface area (Å²) < 4.78 is 0. The van der Waals surface area contributed by atoms with Crippen LogP contribution < -0.4 is 10.6 Å². The molecule has 2 N–H and O–H groups in total. The topological polar surface area (TPSA) is 29.3 Å². The first-order chi connectivity index (χ1) is 8.45. The Balaban J connectivity index is 2.86. The van der Waals surface area contributed by atoms with Crippen molar-refractivity contribution in [1.82, 2.24) is 0 Å². The fraction of sp³-hybridized carbons (Fsp3) is 0.625. The Kier molecular flexibility index (Phi) is 5.67. The highest BCUT2D eigenvalue weighted by Gasteiger charge is 2.12. The summed E-state index contributed by atoms with van der Waals surface area (Å²) in [5, 5.41) is 0. The van der Waals surface area contributed by atoms with Crippen molar-refractivity contribution in [2.24, 2.45) is 11.7 Å². The van der Waals surface area contributed by atoms with Crippen LogP contribution in [0.3, 0.4) is 0 Å². The van der Waals surface area contributed by atoms with Gasteiger partial charge in [-0.15, -0.1) is 0 Å². The number of nitrogens with two attached hydrogens (primary N) is 1. The van der Waals surface area contributed by atoms with Gasteiger partial charge >= 0.3 is 0 Å². The summed E-state index contributed by atoms with van der Waals surface area (Å²) in [6.45, 7) is 12.2. The van der Waals surface area contributed by atoms with Crippen LogP contribution in [0.25, 0.3) is 0 Å². The van der Waals surface area contributed by atoms with Crippen LogP contribution in [0.2, 0.25) is 0 Å². The lowest BCUT2D eigenvalue weighted by atomic mass is 10.0. The van der Waals surface area contributed by atoms with Gasteiger partial charge in [0.1, 0.15) is 0 Å². The van der Waals surface area contributed by atoms with Gasteiger partial charge in [0.2, 0.25) is 0 Å². The van der Waals surface area contributed by atoms with E-state index >= 15 is 0 Å². The van der Waals surface area contributed by atoms with Crippen molar-refractivity contribution in [2.45, 2.75) is 53.1 Å². The predicted molar refractivity (Wildman–Crippen MR) is 81.0 cm³/mol. The summed E-state index contributed by atoms with van der Waals surface area (Å²) in [4.78, 5) is 2.45. The van der Waals surface area contributed by atoms with Crippen molar-refractivity contribution < 1.29 is 0 Å². The normalized spacial score (nSPS) is 13.1. The highest BCUT2D eigenvalue weighted by atomic mass is 15.1. The van der Waals surface area contributed by atoms with Crippen LogP contribution in [-0.4, -0.2) is 12.6 Å². The van der Waals surface area contributed by atoms with Crippen molar-refractivity contribution in [1.29, 1.82) is 0 Å². The Bertz CT molecular complexity index is 341. The molecule has 1 aromatic carbocycles. The summed E-state index contributed by atoms with van der Waals surface area (Å²) in [6.07, 6.45) is 0.985. The Hall–Kier alpha value is -1.02. The maximum absolute atomic E-state index is 6.05. The van der Waals surface area contributed by atoms with Crippen LogP contribution in [-0.2, 0) is 0 Å². The largest absolute Gasteiger partial charge is 0.369 e. The van der Waals surface area contributed by atoms with Gasteiger partial charge in [0.25, 0.3) is 0 Å². The summed E-state index contributed by atoms with van der Waals surface area (Å²) in [7, 11) is 0. The van der Waals surface area contributed by atoms with Gasteiger partial charge in [-0.3, -0.25) is 0 Å². The third kappa shape index (κ3) is 4.02. The fourth-order valence-electron chi connectivity index (χ4n) is 2.16. The molecule has 18 heavy (non-hydrogen) atoms. The van der Waals surface area contributed by atoms with Crippen LogP contribution in [0.15, 0.2) is 24.3 Å². The molecule has 0 fully saturated rings. The number of benzene rings is 1. The monoisotopic (exact) mass is 248 g/mol. The van der Waals surface area contributed by atoms with Gasteiger partial charge in [-0.25, -0.2) is 0 Å². The maximum atomic E-state index is 6.05. The average Bonchev–Trinajstić information content (AvgIpc) is 2.34. The minimum Gasteiger partial charge on any atom is -0.369 e. The first kappa shape index (κ1) is 15.0. The Morgan fingerprint density at radius 2 is 1.61 bits per heavy atom. The molecule has 0 saturated heterocycles. The molecule has 0 bridgehead atoms. The van der Waals surface area contributed by atoms with E-state index in [4.69, 9.17) is 5.73 Å². The van der Waals surface area contributed by atoms with E-state index in [9.17, 15) is 0 Å². The molecule has 0 aliphatic heterocycles. The molecule has 0 spiro atoms. The lowest BCUT2D eigenvalue weighted by molar-refractivity contribution is 0.571. The molecule has 102 valence electrons. The van der Waals surface area contributed by atoms with Gasteiger partial charge in [0, 0.05) is 24.3 Å². The minimum atomic E-state index is 0.164. The first-order valence-corrected chi connectivity index (χ1v) is 7.07. The highest BCUT2D eigenvalue weighted by molar-refractivity contribution is 5.48. The molecule has 1 atom stereocenters. The van der Waals surface area contributed by atoms with Crippen LogP contribution >= 0.6 is 0 Å². The summed E-state index contributed by atoms with van der Waals surface area (Å²) in [6, 6.07) is 9.42. The molecule has 0 radical (unpaired) electrons. The van der Waals surface area contributed by atoms with Gasteiger partial charge in [-0.2, -0.15) is 0 Å². The fourth-order valence-corrected chi connectivity index (χ4v) is 2.16. The quantitative estimate of drug-likeness (QED) is 0.825. The molecule has 0 saturated carbocycles. The second-order valence-corrected chi connectivity index (χ2v) is 5.75. The summed E-state index contributed by atoms with van der Waals surface area (Å²) >= 11 is 0. The molecule has 1 rings (SSSR count). The van der Waals surface area contributed by atoms with E-state index < -0.39 is 0 Å². The van der Waals surface area contributed by atoms with E-state index in [-0.39, 0.29) is 6.04 Å². The molecular weight excluding hydrogens is 220 g/mol. The third-order valence-corrected chi connectivity index (χ3v) is 3.28.